The molecule has 1 aromatic carbocycles. The molecule has 0 N–H and O–H groups in total. The van der Waals surface area contributed by atoms with Crippen molar-refractivity contribution >= 4 is 11.8 Å². The SMILES string of the molecule is COc1cccc(OC)c1C(=O)N1CCCN(C(=O)C2CCC2)CC1. The van der Waals surface area contributed by atoms with Crippen molar-refractivity contribution in [3.05, 3.63) is 23.8 Å². The molecule has 6 nitrogen and oxygen atoms in total. The van der Waals surface area contributed by atoms with E-state index in [1.54, 1.807) is 37.3 Å². The zero-order chi connectivity index (χ0) is 17.8. The van der Waals surface area contributed by atoms with E-state index >= 15 is 0 Å². The molecule has 1 saturated heterocycles. The Bertz CT molecular complexity index is 620. The molecule has 0 bridgehead atoms. The van der Waals surface area contributed by atoms with Gasteiger partial charge in [-0.25, -0.2) is 0 Å². The highest BCUT2D eigenvalue weighted by Gasteiger charge is 2.32. The lowest BCUT2D eigenvalue weighted by Gasteiger charge is -2.31. The maximum Gasteiger partial charge on any atom is 0.261 e. The van der Waals surface area contributed by atoms with Crippen LogP contribution in [0.15, 0.2) is 18.2 Å². The van der Waals surface area contributed by atoms with Crippen LogP contribution in [0.4, 0.5) is 0 Å². The van der Waals surface area contributed by atoms with Crippen molar-refractivity contribution in [2.75, 3.05) is 40.4 Å². The van der Waals surface area contributed by atoms with E-state index in [9.17, 15) is 9.59 Å². The van der Waals surface area contributed by atoms with Gasteiger partial charge in [-0.3, -0.25) is 9.59 Å². The second-order valence-electron chi connectivity index (χ2n) is 6.64. The number of nitrogens with zero attached hydrogens (tertiary/aromatic N) is 2. The van der Waals surface area contributed by atoms with E-state index in [-0.39, 0.29) is 17.7 Å². The van der Waals surface area contributed by atoms with Crippen molar-refractivity contribution in [3.8, 4) is 11.5 Å². The molecule has 6 heteroatoms. The first kappa shape index (κ1) is 17.6. The molecule has 0 unspecified atom stereocenters. The molecule has 1 aliphatic heterocycles. The van der Waals surface area contributed by atoms with Crippen LogP contribution in [0.25, 0.3) is 0 Å². The van der Waals surface area contributed by atoms with Crippen LogP contribution < -0.4 is 9.47 Å². The van der Waals surface area contributed by atoms with Crippen LogP contribution >= 0.6 is 0 Å². The van der Waals surface area contributed by atoms with Gasteiger partial charge in [-0.2, -0.15) is 0 Å². The van der Waals surface area contributed by atoms with Crippen molar-refractivity contribution < 1.29 is 19.1 Å². The summed E-state index contributed by atoms with van der Waals surface area (Å²) >= 11 is 0. The standard InChI is InChI=1S/C19H26N2O4/c1-24-15-8-4-9-16(25-2)17(15)19(23)21-11-5-10-20(12-13-21)18(22)14-6-3-7-14/h4,8-9,14H,3,5-7,10-13H2,1-2H3. The van der Waals surface area contributed by atoms with Crippen molar-refractivity contribution in [2.24, 2.45) is 5.92 Å². The zero-order valence-corrected chi connectivity index (χ0v) is 15.0. The van der Waals surface area contributed by atoms with Gasteiger partial charge in [0.2, 0.25) is 5.91 Å². The summed E-state index contributed by atoms with van der Waals surface area (Å²) in [6.07, 6.45) is 3.97. The van der Waals surface area contributed by atoms with Gasteiger partial charge in [0.15, 0.2) is 0 Å². The molecule has 2 fully saturated rings. The first-order valence-corrected chi connectivity index (χ1v) is 8.94. The molecule has 0 radical (unpaired) electrons. The molecule has 2 amide bonds. The molecule has 1 heterocycles. The molecule has 136 valence electrons. The summed E-state index contributed by atoms with van der Waals surface area (Å²) < 4.78 is 10.7. The average Bonchev–Trinajstić information content (AvgIpc) is 2.85. The summed E-state index contributed by atoms with van der Waals surface area (Å²) in [5, 5.41) is 0. The number of rotatable bonds is 4. The second-order valence-corrected chi connectivity index (χ2v) is 6.64. The molecule has 0 aromatic heterocycles. The molecule has 0 spiro atoms. The number of methoxy groups -OCH3 is 2. The van der Waals surface area contributed by atoms with Gasteiger partial charge in [0.1, 0.15) is 17.1 Å². The predicted octanol–water partition coefficient (Wildman–Crippen LogP) is 2.18. The summed E-state index contributed by atoms with van der Waals surface area (Å²) in [5.41, 5.74) is 0.450. The number of hydrogen-bond acceptors (Lipinski definition) is 4. The van der Waals surface area contributed by atoms with Crippen molar-refractivity contribution in [3.63, 3.8) is 0 Å². The van der Waals surface area contributed by atoms with Crippen LogP contribution in [-0.4, -0.2) is 62.0 Å². The number of benzene rings is 1. The van der Waals surface area contributed by atoms with Gasteiger partial charge in [-0.05, 0) is 31.4 Å². The Labute approximate surface area is 148 Å². The Balaban J connectivity index is 1.72. The fourth-order valence-electron chi connectivity index (χ4n) is 3.47. The normalized spacial score (nSPS) is 18.3. The van der Waals surface area contributed by atoms with Crippen LogP contribution in [-0.2, 0) is 4.79 Å². The van der Waals surface area contributed by atoms with Crippen LogP contribution in [0.1, 0.15) is 36.0 Å². The third-order valence-electron chi connectivity index (χ3n) is 5.19. The molecule has 0 atom stereocenters. The lowest BCUT2D eigenvalue weighted by Crippen LogP contribution is -2.41. The van der Waals surface area contributed by atoms with E-state index < -0.39 is 0 Å². The van der Waals surface area contributed by atoms with E-state index in [2.05, 4.69) is 0 Å². The lowest BCUT2D eigenvalue weighted by molar-refractivity contribution is -0.138. The zero-order valence-electron chi connectivity index (χ0n) is 15.0. The predicted molar refractivity (Wildman–Crippen MR) is 94.0 cm³/mol. The molecule has 3 rings (SSSR count). The van der Waals surface area contributed by atoms with E-state index in [0.29, 0.717) is 36.7 Å². The van der Waals surface area contributed by atoms with Gasteiger partial charge < -0.3 is 19.3 Å². The van der Waals surface area contributed by atoms with Gasteiger partial charge >= 0.3 is 0 Å². The summed E-state index contributed by atoms with van der Waals surface area (Å²) in [7, 11) is 3.10. The lowest BCUT2D eigenvalue weighted by atomic mass is 9.84. The van der Waals surface area contributed by atoms with Gasteiger partial charge in [0.05, 0.1) is 14.2 Å². The average molecular weight is 346 g/mol. The highest BCUT2D eigenvalue weighted by molar-refractivity contribution is 5.99. The summed E-state index contributed by atoms with van der Waals surface area (Å²) in [5.74, 6) is 1.38. The number of carbonyl (C=O) groups excluding carboxylic acids is 2. The first-order chi connectivity index (χ1) is 12.2. The number of carbonyl (C=O) groups is 2. The van der Waals surface area contributed by atoms with Crippen molar-refractivity contribution in [1.82, 2.24) is 9.80 Å². The van der Waals surface area contributed by atoms with Crippen molar-refractivity contribution in [2.45, 2.75) is 25.7 Å². The monoisotopic (exact) mass is 346 g/mol. The fraction of sp³-hybridized carbons (Fsp3) is 0.579. The van der Waals surface area contributed by atoms with Gasteiger partial charge in [0, 0.05) is 32.1 Å². The Morgan fingerprint density at radius 3 is 2.08 bits per heavy atom. The molecular weight excluding hydrogens is 320 g/mol. The van der Waals surface area contributed by atoms with E-state index in [1.807, 2.05) is 4.90 Å². The highest BCUT2D eigenvalue weighted by Crippen LogP contribution is 2.31. The summed E-state index contributed by atoms with van der Waals surface area (Å²) in [6, 6.07) is 5.33. The maximum atomic E-state index is 13.1. The van der Waals surface area contributed by atoms with Crippen molar-refractivity contribution in [1.29, 1.82) is 0 Å². The van der Waals surface area contributed by atoms with E-state index in [1.165, 1.54) is 0 Å². The summed E-state index contributed by atoms with van der Waals surface area (Å²) in [4.78, 5) is 29.2. The highest BCUT2D eigenvalue weighted by atomic mass is 16.5. The second kappa shape index (κ2) is 7.76. The Kier molecular flexibility index (Phi) is 5.46. The van der Waals surface area contributed by atoms with Gasteiger partial charge in [-0.1, -0.05) is 12.5 Å². The minimum atomic E-state index is -0.104. The van der Waals surface area contributed by atoms with Crippen LogP contribution in [0.3, 0.4) is 0 Å². The Hall–Kier alpha value is -2.24. The minimum Gasteiger partial charge on any atom is -0.496 e. The summed E-state index contributed by atoms with van der Waals surface area (Å²) in [6.45, 7) is 2.49. The molecule has 1 aliphatic carbocycles. The fourth-order valence-corrected chi connectivity index (χ4v) is 3.47. The molecule has 1 aromatic rings. The van der Waals surface area contributed by atoms with Crippen LogP contribution in [0.2, 0.25) is 0 Å². The largest absolute Gasteiger partial charge is 0.496 e. The third kappa shape index (κ3) is 3.57. The maximum absolute atomic E-state index is 13.1. The first-order valence-electron chi connectivity index (χ1n) is 8.94. The Morgan fingerprint density at radius 2 is 1.52 bits per heavy atom. The van der Waals surface area contributed by atoms with Gasteiger partial charge in [-0.15, -0.1) is 0 Å². The van der Waals surface area contributed by atoms with Gasteiger partial charge in [0.25, 0.3) is 5.91 Å². The minimum absolute atomic E-state index is 0.104. The molecule has 2 aliphatic rings. The van der Waals surface area contributed by atoms with Crippen LogP contribution in [0, 0.1) is 5.92 Å². The smallest absolute Gasteiger partial charge is 0.261 e. The quantitative estimate of drug-likeness (QED) is 0.838. The molecule has 1 saturated carbocycles. The van der Waals surface area contributed by atoms with E-state index in [4.69, 9.17) is 9.47 Å². The number of hydrogen-bond donors (Lipinski definition) is 0. The molecular formula is C19H26N2O4. The molecule has 25 heavy (non-hydrogen) atoms. The topological polar surface area (TPSA) is 59.1 Å². The number of amides is 2. The van der Waals surface area contributed by atoms with E-state index in [0.717, 1.165) is 32.2 Å². The third-order valence-corrected chi connectivity index (χ3v) is 5.19. The van der Waals surface area contributed by atoms with Crippen LogP contribution in [0.5, 0.6) is 11.5 Å². The number of ether oxygens (including phenoxy) is 2. The Morgan fingerprint density at radius 1 is 0.920 bits per heavy atom.